The van der Waals surface area contributed by atoms with Crippen molar-refractivity contribution in [3.63, 3.8) is 0 Å². The van der Waals surface area contributed by atoms with Crippen LogP contribution in [-0.4, -0.2) is 36.0 Å². The molecule has 0 atom stereocenters. The summed E-state index contributed by atoms with van der Waals surface area (Å²) in [5.74, 6) is -0.126. The zero-order valence-corrected chi connectivity index (χ0v) is 10.8. The summed E-state index contributed by atoms with van der Waals surface area (Å²) in [6, 6.07) is 0.133. The molecule has 0 unspecified atom stereocenters. The van der Waals surface area contributed by atoms with Gasteiger partial charge in [-0.3, -0.25) is 9.59 Å². The maximum atomic E-state index is 11.7. The van der Waals surface area contributed by atoms with Crippen molar-refractivity contribution < 1.29 is 14.3 Å². The minimum Gasteiger partial charge on any atom is -0.466 e. The summed E-state index contributed by atoms with van der Waals surface area (Å²) < 4.78 is 4.83. The largest absolute Gasteiger partial charge is 0.466 e. The second kappa shape index (κ2) is 8.13. The number of hydrogen-bond acceptors (Lipinski definition) is 3. The molecule has 0 saturated heterocycles. The van der Waals surface area contributed by atoms with E-state index in [1.54, 1.807) is 11.8 Å². The van der Waals surface area contributed by atoms with Gasteiger partial charge in [-0.1, -0.05) is 6.92 Å². The van der Waals surface area contributed by atoms with Crippen LogP contribution in [0.2, 0.25) is 0 Å². The summed E-state index contributed by atoms with van der Waals surface area (Å²) in [7, 11) is 0. The maximum Gasteiger partial charge on any atom is 0.307 e. The van der Waals surface area contributed by atoms with Gasteiger partial charge in [-0.15, -0.1) is 0 Å². The van der Waals surface area contributed by atoms with Crippen LogP contribution < -0.4 is 0 Å². The average Bonchev–Trinajstić information content (AvgIpc) is 2.18. The Labute approximate surface area is 98.0 Å². The van der Waals surface area contributed by atoms with E-state index in [1.165, 1.54) is 0 Å². The molecule has 0 N–H and O–H groups in total. The number of carbonyl (C=O) groups is 2. The average molecular weight is 229 g/mol. The molecule has 0 aromatic rings. The fraction of sp³-hybridized carbons (Fsp3) is 0.833. The fourth-order valence-corrected chi connectivity index (χ4v) is 1.47. The lowest BCUT2D eigenvalue weighted by Gasteiger charge is -2.26. The molecule has 0 saturated carbocycles. The standard InChI is InChI=1S/C12H23NO3/c1-5-7-11(14)13(10(3)4)9-8-12(15)16-6-2/h10H,5-9H2,1-4H3. The lowest BCUT2D eigenvalue weighted by molar-refractivity contribution is -0.144. The second-order valence-corrected chi connectivity index (χ2v) is 3.99. The van der Waals surface area contributed by atoms with Crippen molar-refractivity contribution in [1.29, 1.82) is 0 Å². The molecule has 0 heterocycles. The van der Waals surface area contributed by atoms with E-state index in [2.05, 4.69) is 0 Å². The Hall–Kier alpha value is -1.06. The van der Waals surface area contributed by atoms with Crippen molar-refractivity contribution in [2.75, 3.05) is 13.2 Å². The van der Waals surface area contributed by atoms with E-state index in [0.717, 1.165) is 6.42 Å². The molecular weight excluding hydrogens is 206 g/mol. The lowest BCUT2D eigenvalue weighted by atomic mass is 10.2. The Morgan fingerprint density at radius 2 is 1.81 bits per heavy atom. The minimum atomic E-state index is -0.238. The maximum absolute atomic E-state index is 11.7. The van der Waals surface area contributed by atoms with Crippen molar-refractivity contribution in [3.8, 4) is 0 Å². The number of esters is 1. The van der Waals surface area contributed by atoms with Crippen molar-refractivity contribution in [2.45, 2.75) is 53.0 Å². The summed E-state index contributed by atoms with van der Waals surface area (Å²) in [5, 5.41) is 0. The molecule has 0 aliphatic carbocycles. The van der Waals surface area contributed by atoms with Crippen LogP contribution in [0.3, 0.4) is 0 Å². The predicted octanol–water partition coefficient (Wildman–Crippen LogP) is 1.98. The Kier molecular flexibility index (Phi) is 7.60. The highest BCUT2D eigenvalue weighted by Gasteiger charge is 2.17. The van der Waals surface area contributed by atoms with Crippen molar-refractivity contribution in [1.82, 2.24) is 4.90 Å². The Balaban J connectivity index is 4.13. The van der Waals surface area contributed by atoms with Gasteiger partial charge in [-0.25, -0.2) is 0 Å². The minimum absolute atomic E-state index is 0.113. The van der Waals surface area contributed by atoms with Crippen LogP contribution in [0.1, 0.15) is 47.0 Å². The van der Waals surface area contributed by atoms with Gasteiger partial charge in [-0.05, 0) is 27.2 Å². The van der Waals surface area contributed by atoms with E-state index in [9.17, 15) is 9.59 Å². The van der Waals surface area contributed by atoms with Gasteiger partial charge in [-0.2, -0.15) is 0 Å². The fourth-order valence-electron chi connectivity index (χ4n) is 1.47. The number of nitrogens with zero attached hydrogens (tertiary/aromatic N) is 1. The molecule has 0 aromatic carbocycles. The van der Waals surface area contributed by atoms with Crippen LogP contribution in [-0.2, 0) is 14.3 Å². The van der Waals surface area contributed by atoms with E-state index in [0.29, 0.717) is 19.6 Å². The molecule has 0 rings (SSSR count). The summed E-state index contributed by atoms with van der Waals surface area (Å²) in [4.78, 5) is 24.7. The van der Waals surface area contributed by atoms with Gasteiger partial charge in [0, 0.05) is 19.0 Å². The number of amides is 1. The molecule has 0 aliphatic heterocycles. The third-order valence-electron chi connectivity index (χ3n) is 2.27. The molecule has 1 amide bonds. The Morgan fingerprint density at radius 3 is 2.25 bits per heavy atom. The molecule has 4 nitrogen and oxygen atoms in total. The highest BCUT2D eigenvalue weighted by atomic mass is 16.5. The van der Waals surface area contributed by atoms with Crippen molar-refractivity contribution in [2.24, 2.45) is 0 Å². The first-order valence-corrected chi connectivity index (χ1v) is 5.98. The molecule has 16 heavy (non-hydrogen) atoms. The Bertz CT molecular complexity index is 226. The Morgan fingerprint density at radius 1 is 1.19 bits per heavy atom. The van der Waals surface area contributed by atoms with Gasteiger partial charge in [0.25, 0.3) is 0 Å². The van der Waals surface area contributed by atoms with E-state index >= 15 is 0 Å². The van der Waals surface area contributed by atoms with Crippen LogP contribution in [0.5, 0.6) is 0 Å². The molecule has 0 bridgehead atoms. The number of ether oxygens (including phenoxy) is 1. The van der Waals surface area contributed by atoms with Crippen molar-refractivity contribution >= 4 is 11.9 Å². The molecule has 0 aromatic heterocycles. The van der Waals surface area contributed by atoms with E-state index in [-0.39, 0.29) is 24.3 Å². The molecule has 94 valence electrons. The molecule has 0 aliphatic rings. The van der Waals surface area contributed by atoms with Crippen LogP contribution in [0.4, 0.5) is 0 Å². The molecule has 0 radical (unpaired) electrons. The SMILES string of the molecule is CCCC(=O)N(CCC(=O)OCC)C(C)C. The monoisotopic (exact) mass is 229 g/mol. The first-order chi connectivity index (χ1) is 7.52. The number of hydrogen-bond donors (Lipinski definition) is 0. The quantitative estimate of drug-likeness (QED) is 0.627. The highest BCUT2D eigenvalue weighted by Crippen LogP contribution is 2.05. The van der Waals surface area contributed by atoms with Gasteiger partial charge in [0.05, 0.1) is 13.0 Å². The van der Waals surface area contributed by atoms with Crippen LogP contribution >= 0.6 is 0 Å². The molecular formula is C12H23NO3. The second-order valence-electron chi connectivity index (χ2n) is 3.99. The molecule has 0 spiro atoms. The number of rotatable bonds is 7. The third-order valence-corrected chi connectivity index (χ3v) is 2.27. The predicted molar refractivity (Wildman–Crippen MR) is 63.0 cm³/mol. The van der Waals surface area contributed by atoms with E-state index in [4.69, 9.17) is 4.74 Å². The third kappa shape index (κ3) is 5.73. The zero-order valence-electron chi connectivity index (χ0n) is 10.8. The van der Waals surface area contributed by atoms with E-state index < -0.39 is 0 Å². The highest BCUT2D eigenvalue weighted by molar-refractivity contribution is 5.77. The van der Waals surface area contributed by atoms with Crippen LogP contribution in [0, 0.1) is 0 Å². The number of carbonyl (C=O) groups excluding carboxylic acids is 2. The van der Waals surface area contributed by atoms with Gasteiger partial charge >= 0.3 is 5.97 Å². The van der Waals surface area contributed by atoms with Crippen LogP contribution in [0.15, 0.2) is 0 Å². The molecule has 4 heteroatoms. The summed E-state index contributed by atoms with van der Waals surface area (Å²) in [6.07, 6.45) is 1.66. The summed E-state index contributed by atoms with van der Waals surface area (Å²) in [6.45, 7) is 8.51. The smallest absolute Gasteiger partial charge is 0.307 e. The first-order valence-electron chi connectivity index (χ1n) is 5.98. The van der Waals surface area contributed by atoms with Gasteiger partial charge in [0.1, 0.15) is 0 Å². The zero-order chi connectivity index (χ0) is 12.6. The van der Waals surface area contributed by atoms with Crippen LogP contribution in [0.25, 0.3) is 0 Å². The molecule has 0 fully saturated rings. The van der Waals surface area contributed by atoms with Gasteiger partial charge in [0.15, 0.2) is 0 Å². The topological polar surface area (TPSA) is 46.6 Å². The summed E-state index contributed by atoms with van der Waals surface area (Å²) >= 11 is 0. The lowest BCUT2D eigenvalue weighted by Crippen LogP contribution is -2.38. The van der Waals surface area contributed by atoms with E-state index in [1.807, 2.05) is 20.8 Å². The first kappa shape index (κ1) is 14.9. The van der Waals surface area contributed by atoms with Gasteiger partial charge in [0.2, 0.25) is 5.91 Å². The normalized spacial score (nSPS) is 10.3. The van der Waals surface area contributed by atoms with Gasteiger partial charge < -0.3 is 9.64 Å². The van der Waals surface area contributed by atoms with Crippen molar-refractivity contribution in [3.05, 3.63) is 0 Å². The summed E-state index contributed by atoms with van der Waals surface area (Å²) in [5.41, 5.74) is 0.